The molecule has 0 spiro atoms. The first-order chi connectivity index (χ1) is 12.6. The second-order valence-corrected chi connectivity index (χ2v) is 7.46. The summed E-state index contributed by atoms with van der Waals surface area (Å²) in [6, 6.07) is 11.7. The normalized spacial score (nSPS) is 20.3. The van der Waals surface area contributed by atoms with E-state index in [1.807, 2.05) is 54.1 Å². The number of hydrogen-bond acceptors (Lipinski definition) is 2. The van der Waals surface area contributed by atoms with Gasteiger partial charge in [-0.1, -0.05) is 42.7 Å². The first-order valence-corrected chi connectivity index (χ1v) is 9.42. The summed E-state index contributed by atoms with van der Waals surface area (Å²) in [5.41, 5.74) is 3.12. The average molecular weight is 351 g/mol. The predicted octanol–water partition coefficient (Wildman–Crippen LogP) is 2.94. The summed E-state index contributed by atoms with van der Waals surface area (Å²) in [4.78, 5) is 27.6. The molecule has 136 valence electrons. The van der Waals surface area contributed by atoms with Gasteiger partial charge in [-0.3, -0.25) is 9.59 Å². The zero-order valence-electron chi connectivity index (χ0n) is 15.1. The van der Waals surface area contributed by atoms with Crippen LogP contribution in [0, 0.1) is 6.92 Å². The molecule has 1 aliphatic heterocycles. The SMILES string of the molecule is Cc1ccc(CN2C(=O)Cn3cccc3[C@H]2C(=O)NC2CCCC2)cc1. The van der Waals surface area contributed by atoms with E-state index < -0.39 is 6.04 Å². The van der Waals surface area contributed by atoms with Crippen molar-refractivity contribution >= 4 is 11.8 Å². The van der Waals surface area contributed by atoms with E-state index in [4.69, 9.17) is 0 Å². The second-order valence-electron chi connectivity index (χ2n) is 7.46. The molecule has 1 fully saturated rings. The standard InChI is InChI=1S/C21H25N3O2/c1-15-8-10-16(11-9-15)13-24-19(25)14-23-12-4-7-18(23)20(24)21(26)22-17-5-2-3-6-17/h4,7-12,17,20H,2-3,5-6,13-14H2,1H3,(H,22,26)/t20-/m0/s1. The molecule has 5 heteroatoms. The Kier molecular flexibility index (Phi) is 4.53. The zero-order chi connectivity index (χ0) is 18.1. The Morgan fingerprint density at radius 3 is 2.62 bits per heavy atom. The molecule has 1 aromatic carbocycles. The van der Waals surface area contributed by atoms with E-state index in [9.17, 15) is 9.59 Å². The van der Waals surface area contributed by atoms with Crippen LogP contribution in [0.3, 0.4) is 0 Å². The van der Waals surface area contributed by atoms with Crippen molar-refractivity contribution in [3.63, 3.8) is 0 Å². The van der Waals surface area contributed by atoms with Crippen LogP contribution >= 0.6 is 0 Å². The molecule has 1 atom stereocenters. The monoisotopic (exact) mass is 351 g/mol. The lowest BCUT2D eigenvalue weighted by molar-refractivity contribution is -0.144. The number of hydrogen-bond donors (Lipinski definition) is 1. The maximum atomic E-state index is 13.1. The lowest BCUT2D eigenvalue weighted by Gasteiger charge is -2.36. The number of nitrogens with one attached hydrogen (secondary N) is 1. The van der Waals surface area contributed by atoms with Gasteiger partial charge in [-0.05, 0) is 37.5 Å². The molecule has 4 rings (SSSR count). The first-order valence-electron chi connectivity index (χ1n) is 9.42. The highest BCUT2D eigenvalue weighted by Crippen LogP contribution is 2.30. The van der Waals surface area contributed by atoms with Crippen molar-refractivity contribution in [3.8, 4) is 0 Å². The zero-order valence-corrected chi connectivity index (χ0v) is 15.1. The molecule has 26 heavy (non-hydrogen) atoms. The summed E-state index contributed by atoms with van der Waals surface area (Å²) in [5.74, 6) is -0.0714. The van der Waals surface area contributed by atoms with Gasteiger partial charge in [0.25, 0.3) is 0 Å². The van der Waals surface area contributed by atoms with Crippen LogP contribution in [0.5, 0.6) is 0 Å². The van der Waals surface area contributed by atoms with E-state index >= 15 is 0 Å². The number of amides is 2. The third-order valence-corrected chi connectivity index (χ3v) is 5.51. The third-order valence-electron chi connectivity index (χ3n) is 5.51. The van der Waals surface area contributed by atoms with E-state index in [1.54, 1.807) is 4.90 Å². The number of rotatable bonds is 4. The van der Waals surface area contributed by atoms with Gasteiger partial charge in [-0.15, -0.1) is 0 Å². The molecule has 0 bridgehead atoms. The molecule has 1 aliphatic carbocycles. The van der Waals surface area contributed by atoms with Crippen molar-refractivity contribution in [1.29, 1.82) is 0 Å². The summed E-state index contributed by atoms with van der Waals surface area (Å²) >= 11 is 0. The molecule has 1 N–H and O–H groups in total. The Bertz CT molecular complexity index is 803. The molecule has 1 aromatic heterocycles. The van der Waals surface area contributed by atoms with Gasteiger partial charge in [0, 0.05) is 18.8 Å². The molecule has 2 amide bonds. The van der Waals surface area contributed by atoms with E-state index in [2.05, 4.69) is 5.32 Å². The Balaban J connectivity index is 1.62. The number of carbonyl (C=O) groups is 2. The van der Waals surface area contributed by atoms with Crippen molar-refractivity contribution in [3.05, 3.63) is 59.4 Å². The van der Waals surface area contributed by atoms with Crippen LogP contribution in [0.15, 0.2) is 42.6 Å². The van der Waals surface area contributed by atoms with Gasteiger partial charge in [-0.25, -0.2) is 0 Å². The van der Waals surface area contributed by atoms with E-state index in [0.717, 1.165) is 36.9 Å². The van der Waals surface area contributed by atoms with Gasteiger partial charge in [0.2, 0.25) is 11.8 Å². The summed E-state index contributed by atoms with van der Waals surface area (Å²) in [5, 5.41) is 3.18. The highest BCUT2D eigenvalue weighted by atomic mass is 16.2. The highest BCUT2D eigenvalue weighted by molar-refractivity contribution is 5.90. The minimum Gasteiger partial charge on any atom is -0.351 e. The molecule has 1 saturated carbocycles. The molecular weight excluding hydrogens is 326 g/mol. The molecular formula is C21H25N3O2. The van der Waals surface area contributed by atoms with Crippen molar-refractivity contribution < 1.29 is 9.59 Å². The first kappa shape index (κ1) is 16.9. The third kappa shape index (κ3) is 3.26. The topological polar surface area (TPSA) is 54.3 Å². The van der Waals surface area contributed by atoms with Crippen LogP contribution < -0.4 is 5.32 Å². The molecule has 2 aliphatic rings. The smallest absolute Gasteiger partial charge is 0.249 e. The summed E-state index contributed by atoms with van der Waals surface area (Å²) < 4.78 is 1.90. The number of benzene rings is 1. The van der Waals surface area contributed by atoms with Crippen LogP contribution in [-0.2, 0) is 22.7 Å². The van der Waals surface area contributed by atoms with E-state index in [0.29, 0.717) is 13.1 Å². The van der Waals surface area contributed by atoms with Gasteiger partial charge in [0.15, 0.2) is 6.04 Å². The molecule has 2 heterocycles. The summed E-state index contributed by atoms with van der Waals surface area (Å²) in [7, 11) is 0. The van der Waals surface area contributed by atoms with Gasteiger partial charge in [-0.2, -0.15) is 0 Å². The van der Waals surface area contributed by atoms with Crippen molar-refractivity contribution in [1.82, 2.24) is 14.8 Å². The number of aromatic nitrogens is 1. The minimum atomic E-state index is -0.562. The van der Waals surface area contributed by atoms with Crippen LogP contribution in [0.2, 0.25) is 0 Å². The van der Waals surface area contributed by atoms with E-state index in [-0.39, 0.29) is 17.9 Å². The predicted molar refractivity (Wildman–Crippen MR) is 99.3 cm³/mol. The minimum absolute atomic E-state index is 0.0131. The van der Waals surface area contributed by atoms with Crippen LogP contribution in [-0.4, -0.2) is 27.3 Å². The highest BCUT2D eigenvalue weighted by Gasteiger charge is 2.38. The Morgan fingerprint density at radius 2 is 1.88 bits per heavy atom. The molecule has 5 nitrogen and oxygen atoms in total. The lowest BCUT2D eigenvalue weighted by atomic mass is 10.0. The quantitative estimate of drug-likeness (QED) is 0.921. The van der Waals surface area contributed by atoms with Gasteiger partial charge >= 0.3 is 0 Å². The molecule has 0 unspecified atom stereocenters. The fourth-order valence-corrected chi connectivity index (χ4v) is 4.06. The summed E-state index contributed by atoms with van der Waals surface area (Å²) in [6.07, 6.45) is 6.28. The maximum absolute atomic E-state index is 13.1. The fraction of sp³-hybridized carbons (Fsp3) is 0.429. The van der Waals surface area contributed by atoms with Crippen LogP contribution in [0.4, 0.5) is 0 Å². The molecule has 0 saturated heterocycles. The van der Waals surface area contributed by atoms with Crippen molar-refractivity contribution in [2.75, 3.05) is 0 Å². The number of aryl methyl sites for hydroxylation is 1. The second kappa shape index (κ2) is 6.98. The van der Waals surface area contributed by atoms with Gasteiger partial charge in [0.1, 0.15) is 6.54 Å². The number of fused-ring (bicyclic) bond motifs is 1. The van der Waals surface area contributed by atoms with Crippen molar-refractivity contribution in [2.24, 2.45) is 0 Å². The largest absolute Gasteiger partial charge is 0.351 e. The molecule has 2 aromatic rings. The number of nitrogens with zero attached hydrogens (tertiary/aromatic N) is 2. The van der Waals surface area contributed by atoms with Crippen LogP contribution in [0.25, 0.3) is 0 Å². The van der Waals surface area contributed by atoms with Crippen molar-refractivity contribution in [2.45, 2.75) is 57.8 Å². The fourth-order valence-electron chi connectivity index (χ4n) is 4.06. The average Bonchev–Trinajstić information content (AvgIpc) is 3.28. The molecule has 0 radical (unpaired) electrons. The van der Waals surface area contributed by atoms with Gasteiger partial charge in [0.05, 0.1) is 5.69 Å². The Labute approximate surface area is 154 Å². The summed E-state index contributed by atoms with van der Waals surface area (Å²) in [6.45, 7) is 2.79. The Morgan fingerprint density at radius 1 is 1.15 bits per heavy atom. The maximum Gasteiger partial charge on any atom is 0.249 e. The number of carbonyl (C=O) groups excluding carboxylic acids is 2. The van der Waals surface area contributed by atoms with E-state index in [1.165, 1.54) is 5.56 Å². The Hall–Kier alpha value is -2.56. The van der Waals surface area contributed by atoms with Gasteiger partial charge < -0.3 is 14.8 Å². The van der Waals surface area contributed by atoms with Crippen LogP contribution in [0.1, 0.15) is 48.5 Å². The lowest BCUT2D eigenvalue weighted by Crippen LogP contribution is -2.50.